The van der Waals surface area contributed by atoms with E-state index in [0.29, 0.717) is 5.02 Å². The predicted molar refractivity (Wildman–Crippen MR) is 111 cm³/mol. The van der Waals surface area contributed by atoms with Crippen LogP contribution in [0.25, 0.3) is 11.3 Å². The van der Waals surface area contributed by atoms with Crippen LogP contribution in [0.1, 0.15) is 23.1 Å². The third-order valence-electron chi connectivity index (χ3n) is 4.81. The fourth-order valence-electron chi connectivity index (χ4n) is 3.51. The molecule has 3 aromatic rings. The van der Waals surface area contributed by atoms with Crippen LogP contribution in [0.2, 0.25) is 5.02 Å². The standard InChI is InChI=1S/C22H21ClN4/c1-27(2)22(16-10-12-17(23)13-11-16)26-21-19-9-5-7-15-6-3-4-8-18(15)20(19)24-14-25-21/h3-4,6,8,10-14H,5,7,9H2,1-2H3. The van der Waals surface area contributed by atoms with Gasteiger partial charge in [-0.05, 0) is 49.1 Å². The van der Waals surface area contributed by atoms with Gasteiger partial charge in [-0.2, -0.15) is 0 Å². The number of amidine groups is 1. The highest BCUT2D eigenvalue weighted by molar-refractivity contribution is 6.30. The van der Waals surface area contributed by atoms with Crippen molar-refractivity contribution in [2.24, 2.45) is 4.99 Å². The number of aryl methyl sites for hydroxylation is 1. The first-order valence-electron chi connectivity index (χ1n) is 9.07. The largest absolute Gasteiger partial charge is 0.362 e. The highest BCUT2D eigenvalue weighted by Gasteiger charge is 2.19. The minimum absolute atomic E-state index is 0.712. The molecule has 4 nitrogen and oxygen atoms in total. The molecule has 4 rings (SSSR count). The van der Waals surface area contributed by atoms with Crippen molar-refractivity contribution in [2.75, 3.05) is 14.1 Å². The first-order valence-corrected chi connectivity index (χ1v) is 9.45. The smallest absolute Gasteiger partial charge is 0.161 e. The fraction of sp³-hybridized carbons (Fsp3) is 0.227. The Labute approximate surface area is 164 Å². The summed E-state index contributed by atoms with van der Waals surface area (Å²) < 4.78 is 0. The number of nitrogens with zero attached hydrogens (tertiary/aromatic N) is 4. The van der Waals surface area contributed by atoms with Gasteiger partial charge in [0.05, 0.1) is 5.69 Å². The molecule has 1 aromatic heterocycles. The molecule has 0 saturated heterocycles. The molecule has 2 aromatic carbocycles. The van der Waals surface area contributed by atoms with Gasteiger partial charge in [-0.3, -0.25) is 0 Å². The summed E-state index contributed by atoms with van der Waals surface area (Å²) in [5.74, 6) is 1.60. The van der Waals surface area contributed by atoms with Gasteiger partial charge in [0.2, 0.25) is 0 Å². The van der Waals surface area contributed by atoms with Crippen molar-refractivity contribution in [3.05, 3.63) is 76.6 Å². The van der Waals surface area contributed by atoms with Crippen LogP contribution in [-0.2, 0) is 12.8 Å². The maximum absolute atomic E-state index is 6.04. The van der Waals surface area contributed by atoms with E-state index in [1.165, 1.54) is 11.1 Å². The molecule has 0 aliphatic heterocycles. The van der Waals surface area contributed by atoms with E-state index in [4.69, 9.17) is 16.6 Å². The van der Waals surface area contributed by atoms with Gasteiger partial charge in [-0.15, -0.1) is 0 Å². The molecule has 0 N–H and O–H groups in total. The maximum atomic E-state index is 6.04. The third kappa shape index (κ3) is 3.58. The first-order chi connectivity index (χ1) is 13.1. The predicted octanol–water partition coefficient (Wildman–Crippen LogP) is 4.93. The van der Waals surface area contributed by atoms with Crippen LogP contribution >= 0.6 is 11.6 Å². The Morgan fingerprint density at radius 1 is 1.00 bits per heavy atom. The van der Waals surface area contributed by atoms with Crippen LogP contribution in [0.15, 0.2) is 59.9 Å². The highest BCUT2D eigenvalue weighted by atomic mass is 35.5. The molecule has 0 bridgehead atoms. The topological polar surface area (TPSA) is 41.4 Å². The summed E-state index contributed by atoms with van der Waals surface area (Å²) in [5.41, 5.74) is 5.67. The molecule has 0 spiro atoms. The van der Waals surface area contributed by atoms with E-state index in [2.05, 4.69) is 34.2 Å². The zero-order valence-electron chi connectivity index (χ0n) is 15.5. The van der Waals surface area contributed by atoms with Crippen LogP contribution in [0.3, 0.4) is 0 Å². The second-order valence-corrected chi connectivity index (χ2v) is 7.31. The molecule has 1 aliphatic carbocycles. The maximum Gasteiger partial charge on any atom is 0.161 e. The second-order valence-electron chi connectivity index (χ2n) is 6.87. The molecular formula is C22H21ClN4. The lowest BCUT2D eigenvalue weighted by Crippen LogP contribution is -2.23. The Morgan fingerprint density at radius 3 is 2.56 bits per heavy atom. The minimum Gasteiger partial charge on any atom is -0.362 e. The Morgan fingerprint density at radius 2 is 1.78 bits per heavy atom. The lowest BCUT2D eigenvalue weighted by atomic mass is 10.0. The van der Waals surface area contributed by atoms with Crippen LogP contribution < -0.4 is 0 Å². The van der Waals surface area contributed by atoms with Crippen LogP contribution in [0, 0.1) is 0 Å². The molecule has 0 fully saturated rings. The molecule has 0 unspecified atom stereocenters. The van der Waals surface area contributed by atoms with E-state index < -0.39 is 0 Å². The number of fused-ring (bicyclic) bond motifs is 3. The van der Waals surface area contributed by atoms with Crippen molar-refractivity contribution < 1.29 is 0 Å². The number of hydrogen-bond donors (Lipinski definition) is 0. The van der Waals surface area contributed by atoms with Crippen LogP contribution in [0.5, 0.6) is 0 Å². The van der Waals surface area contributed by atoms with Gasteiger partial charge in [-0.1, -0.05) is 35.9 Å². The fourth-order valence-corrected chi connectivity index (χ4v) is 3.63. The molecule has 0 saturated carbocycles. The molecule has 1 aliphatic rings. The lowest BCUT2D eigenvalue weighted by Gasteiger charge is -2.17. The van der Waals surface area contributed by atoms with Crippen molar-refractivity contribution in [1.82, 2.24) is 14.9 Å². The van der Waals surface area contributed by atoms with Gasteiger partial charge in [-0.25, -0.2) is 15.0 Å². The average molecular weight is 377 g/mol. The van der Waals surface area contributed by atoms with Crippen molar-refractivity contribution in [2.45, 2.75) is 19.3 Å². The first kappa shape index (κ1) is 17.7. The van der Waals surface area contributed by atoms with Gasteiger partial charge in [0.1, 0.15) is 12.2 Å². The quantitative estimate of drug-likeness (QED) is 0.470. The normalized spacial score (nSPS) is 13.5. The molecule has 136 valence electrons. The van der Waals surface area contributed by atoms with Crippen molar-refractivity contribution in [3.8, 4) is 11.3 Å². The molecule has 5 heteroatoms. The molecule has 1 heterocycles. The second kappa shape index (κ2) is 7.49. The van der Waals surface area contributed by atoms with Crippen LogP contribution in [0.4, 0.5) is 5.82 Å². The summed E-state index contributed by atoms with van der Waals surface area (Å²) in [5, 5.41) is 0.712. The van der Waals surface area contributed by atoms with Crippen LogP contribution in [-0.4, -0.2) is 34.8 Å². The molecule has 27 heavy (non-hydrogen) atoms. The van der Waals surface area contributed by atoms with Gasteiger partial charge in [0, 0.05) is 35.8 Å². The summed E-state index contributed by atoms with van der Waals surface area (Å²) in [6.45, 7) is 0. The Hall–Kier alpha value is -2.72. The third-order valence-corrected chi connectivity index (χ3v) is 5.06. The highest BCUT2D eigenvalue weighted by Crippen LogP contribution is 2.34. The zero-order chi connectivity index (χ0) is 18.8. The Bertz CT molecular complexity index is 993. The Balaban J connectivity index is 1.85. The number of aliphatic imine (C=N–C) groups is 1. The summed E-state index contributed by atoms with van der Waals surface area (Å²) in [6.07, 6.45) is 4.66. The Kier molecular flexibility index (Phi) is 4.90. The zero-order valence-corrected chi connectivity index (χ0v) is 16.2. The van der Waals surface area contributed by atoms with E-state index in [9.17, 15) is 0 Å². The molecular weight excluding hydrogens is 356 g/mol. The summed E-state index contributed by atoms with van der Waals surface area (Å²) in [7, 11) is 3.98. The monoisotopic (exact) mass is 376 g/mol. The average Bonchev–Trinajstić information content (AvgIpc) is 2.87. The van der Waals surface area contributed by atoms with E-state index in [-0.39, 0.29) is 0 Å². The van der Waals surface area contributed by atoms with Crippen molar-refractivity contribution >= 4 is 23.3 Å². The van der Waals surface area contributed by atoms with E-state index in [0.717, 1.165) is 47.7 Å². The summed E-state index contributed by atoms with van der Waals surface area (Å²) in [4.78, 5) is 16.1. The summed E-state index contributed by atoms with van der Waals surface area (Å²) in [6, 6.07) is 16.2. The number of halogens is 1. The van der Waals surface area contributed by atoms with Crippen molar-refractivity contribution in [1.29, 1.82) is 0 Å². The van der Waals surface area contributed by atoms with Gasteiger partial charge in [0.25, 0.3) is 0 Å². The molecule has 0 atom stereocenters. The minimum atomic E-state index is 0.712. The van der Waals surface area contributed by atoms with E-state index in [1.54, 1.807) is 6.33 Å². The van der Waals surface area contributed by atoms with Gasteiger partial charge >= 0.3 is 0 Å². The van der Waals surface area contributed by atoms with Gasteiger partial charge in [0.15, 0.2) is 5.82 Å². The van der Waals surface area contributed by atoms with E-state index >= 15 is 0 Å². The van der Waals surface area contributed by atoms with Crippen molar-refractivity contribution in [3.63, 3.8) is 0 Å². The SMILES string of the molecule is CN(C)C(=Nc1ncnc2c1CCCc1ccccc1-2)c1ccc(Cl)cc1. The van der Waals surface area contributed by atoms with Gasteiger partial charge < -0.3 is 4.90 Å². The lowest BCUT2D eigenvalue weighted by molar-refractivity contribution is 0.623. The number of rotatable bonds is 2. The summed E-state index contributed by atoms with van der Waals surface area (Å²) >= 11 is 6.04. The number of aromatic nitrogens is 2. The van der Waals surface area contributed by atoms with E-state index in [1.807, 2.05) is 43.3 Å². The molecule has 0 amide bonds. The number of benzene rings is 2. The molecule has 0 radical (unpaired) electrons. The number of hydrogen-bond acceptors (Lipinski definition) is 3.